The summed E-state index contributed by atoms with van der Waals surface area (Å²) in [6, 6.07) is 17.7. The summed E-state index contributed by atoms with van der Waals surface area (Å²) in [6.07, 6.45) is 0.398. The first-order chi connectivity index (χ1) is 14.1. The number of rotatable bonds is 4. The fourth-order valence-corrected chi connectivity index (χ4v) is 4.09. The van der Waals surface area contributed by atoms with Crippen LogP contribution in [0.1, 0.15) is 48.3 Å². The van der Waals surface area contributed by atoms with Gasteiger partial charge in [0, 0.05) is 22.6 Å². The summed E-state index contributed by atoms with van der Waals surface area (Å²) in [5, 5.41) is 7.60. The number of benzene rings is 2. The molecule has 5 nitrogen and oxygen atoms in total. The Morgan fingerprint density at radius 3 is 2.69 bits per heavy atom. The zero-order chi connectivity index (χ0) is 20.0. The molecule has 0 saturated heterocycles. The second-order valence-electron chi connectivity index (χ2n) is 7.21. The van der Waals surface area contributed by atoms with E-state index in [0.717, 1.165) is 46.3 Å². The molecule has 2 atom stereocenters. The maximum Gasteiger partial charge on any atom is 0.213 e. The van der Waals surface area contributed by atoms with E-state index < -0.39 is 0 Å². The Morgan fingerprint density at radius 1 is 1.14 bits per heavy atom. The summed E-state index contributed by atoms with van der Waals surface area (Å²) in [5.41, 5.74) is 2.97. The summed E-state index contributed by atoms with van der Waals surface area (Å²) in [7, 11) is 0. The van der Waals surface area contributed by atoms with Crippen molar-refractivity contribution in [2.75, 3.05) is 6.61 Å². The molecular formula is C23H21ClN2O3. The number of hydrogen-bond donors (Lipinski definition) is 0. The summed E-state index contributed by atoms with van der Waals surface area (Å²) in [6.45, 7) is 4.55. The van der Waals surface area contributed by atoms with Crippen LogP contribution < -0.4 is 9.47 Å². The summed E-state index contributed by atoms with van der Waals surface area (Å²) in [4.78, 5) is 0. The minimum atomic E-state index is -0.335. The molecule has 6 heteroatoms. The molecule has 0 radical (unpaired) electrons. The molecule has 148 valence electrons. The van der Waals surface area contributed by atoms with E-state index in [1.54, 1.807) is 0 Å². The quantitative estimate of drug-likeness (QED) is 0.540. The minimum absolute atomic E-state index is 0.0365. The number of hydrazone groups is 1. The molecular weight excluding hydrogens is 388 g/mol. The molecule has 0 saturated carbocycles. The molecule has 0 N–H and O–H groups in total. The molecule has 0 bridgehead atoms. The molecule has 0 unspecified atom stereocenters. The van der Waals surface area contributed by atoms with Crippen LogP contribution in [0.5, 0.6) is 11.5 Å². The van der Waals surface area contributed by atoms with E-state index in [-0.39, 0.29) is 12.3 Å². The highest BCUT2D eigenvalue weighted by Crippen LogP contribution is 2.48. The van der Waals surface area contributed by atoms with Crippen molar-refractivity contribution in [2.24, 2.45) is 5.10 Å². The van der Waals surface area contributed by atoms with Crippen LogP contribution in [0.4, 0.5) is 0 Å². The highest BCUT2D eigenvalue weighted by atomic mass is 35.5. The predicted molar refractivity (Wildman–Crippen MR) is 112 cm³/mol. The Morgan fingerprint density at radius 2 is 1.97 bits per heavy atom. The molecule has 2 aliphatic rings. The van der Waals surface area contributed by atoms with E-state index in [2.05, 4.69) is 0 Å². The topological polar surface area (TPSA) is 47.2 Å². The van der Waals surface area contributed by atoms with E-state index >= 15 is 0 Å². The van der Waals surface area contributed by atoms with Gasteiger partial charge in [-0.2, -0.15) is 5.10 Å². The van der Waals surface area contributed by atoms with Gasteiger partial charge >= 0.3 is 0 Å². The Balaban J connectivity index is 1.55. The molecule has 3 aromatic rings. The molecule has 1 aromatic heterocycles. The Bertz CT molecular complexity index is 1070. The van der Waals surface area contributed by atoms with Gasteiger partial charge in [0.25, 0.3) is 0 Å². The van der Waals surface area contributed by atoms with Gasteiger partial charge in [-0.15, -0.1) is 0 Å². The fourth-order valence-electron chi connectivity index (χ4n) is 3.91. The molecule has 0 aliphatic carbocycles. The number of aryl methyl sites for hydroxylation is 1. The van der Waals surface area contributed by atoms with Gasteiger partial charge in [0.05, 0.1) is 12.6 Å². The molecule has 0 fully saturated rings. The van der Waals surface area contributed by atoms with Crippen molar-refractivity contribution < 1.29 is 13.9 Å². The second-order valence-corrected chi connectivity index (χ2v) is 7.65. The van der Waals surface area contributed by atoms with Crippen molar-refractivity contribution >= 4 is 17.3 Å². The number of furan rings is 1. The van der Waals surface area contributed by atoms with Crippen LogP contribution >= 0.6 is 11.6 Å². The smallest absolute Gasteiger partial charge is 0.213 e. The van der Waals surface area contributed by atoms with Crippen LogP contribution in [0.3, 0.4) is 0 Å². The normalized spacial score (nSPS) is 20.0. The SMILES string of the molecule is CCOc1ccc([C@@H]2Oc3ccc(Cl)cc3[C@@H]3CC(c4ccc(C)o4)=NN32)cc1. The maximum absolute atomic E-state index is 6.36. The average Bonchev–Trinajstić information content (AvgIpc) is 3.35. The van der Waals surface area contributed by atoms with Gasteiger partial charge in [-0.1, -0.05) is 11.6 Å². The van der Waals surface area contributed by atoms with Gasteiger partial charge in [-0.05, 0) is 68.4 Å². The van der Waals surface area contributed by atoms with Crippen molar-refractivity contribution in [3.63, 3.8) is 0 Å². The number of fused-ring (bicyclic) bond motifs is 3. The second kappa shape index (κ2) is 7.16. The first-order valence-corrected chi connectivity index (χ1v) is 10.1. The fraction of sp³-hybridized carbons (Fsp3) is 0.261. The Labute approximate surface area is 174 Å². The first kappa shape index (κ1) is 18.1. The number of halogens is 1. The molecule has 3 heterocycles. The van der Waals surface area contributed by atoms with Crippen LogP contribution in [0.15, 0.2) is 64.1 Å². The van der Waals surface area contributed by atoms with Crippen molar-refractivity contribution in [2.45, 2.75) is 32.5 Å². The van der Waals surface area contributed by atoms with Crippen LogP contribution in [0, 0.1) is 6.92 Å². The zero-order valence-electron chi connectivity index (χ0n) is 16.3. The largest absolute Gasteiger partial charge is 0.494 e. The third-order valence-electron chi connectivity index (χ3n) is 5.25. The third kappa shape index (κ3) is 3.25. The molecule has 2 aromatic carbocycles. The third-order valence-corrected chi connectivity index (χ3v) is 5.49. The average molecular weight is 409 g/mol. The van der Waals surface area contributed by atoms with E-state index in [1.165, 1.54) is 0 Å². The summed E-state index contributed by atoms with van der Waals surface area (Å²) in [5.74, 6) is 3.34. The molecule has 2 aliphatic heterocycles. The van der Waals surface area contributed by atoms with Crippen molar-refractivity contribution in [3.05, 3.63) is 82.3 Å². The lowest BCUT2D eigenvalue weighted by Crippen LogP contribution is -2.33. The minimum Gasteiger partial charge on any atom is -0.494 e. The van der Waals surface area contributed by atoms with Crippen molar-refractivity contribution in [1.29, 1.82) is 0 Å². The van der Waals surface area contributed by atoms with Gasteiger partial charge in [-0.3, -0.25) is 0 Å². The van der Waals surface area contributed by atoms with Gasteiger partial charge < -0.3 is 13.9 Å². The van der Waals surface area contributed by atoms with Crippen LogP contribution in [-0.2, 0) is 0 Å². The highest BCUT2D eigenvalue weighted by Gasteiger charge is 2.41. The maximum atomic E-state index is 6.36. The van der Waals surface area contributed by atoms with Crippen LogP contribution in [0.2, 0.25) is 5.02 Å². The Kier molecular flexibility index (Phi) is 4.47. The van der Waals surface area contributed by atoms with Gasteiger partial charge in [-0.25, -0.2) is 5.01 Å². The van der Waals surface area contributed by atoms with Gasteiger partial charge in [0.15, 0.2) is 0 Å². The number of hydrogen-bond acceptors (Lipinski definition) is 5. The van der Waals surface area contributed by atoms with E-state index in [4.69, 9.17) is 30.6 Å². The Hall–Kier alpha value is -2.92. The van der Waals surface area contributed by atoms with Crippen LogP contribution in [-0.4, -0.2) is 17.3 Å². The summed E-state index contributed by atoms with van der Waals surface area (Å²) < 4.78 is 17.8. The standard InChI is InChI=1S/C23H21ClN2O3/c1-3-27-17-8-5-15(6-9-17)23-26-20(18-12-16(24)7-11-21(18)29-23)13-19(25-26)22-10-4-14(2)28-22/h4-12,20,23H,3,13H2,1-2H3/t20-,23-/m0/s1. The number of nitrogens with zero attached hydrogens (tertiary/aromatic N) is 2. The van der Waals surface area contributed by atoms with Gasteiger partial charge in [0.1, 0.15) is 28.7 Å². The molecule has 5 rings (SSSR count). The molecule has 0 spiro atoms. The van der Waals surface area contributed by atoms with Crippen LogP contribution in [0.25, 0.3) is 0 Å². The number of ether oxygens (including phenoxy) is 2. The lowest BCUT2D eigenvalue weighted by molar-refractivity contribution is -0.0190. The first-order valence-electron chi connectivity index (χ1n) is 9.74. The molecule has 29 heavy (non-hydrogen) atoms. The lowest BCUT2D eigenvalue weighted by Gasteiger charge is -2.38. The van der Waals surface area contributed by atoms with E-state index in [0.29, 0.717) is 11.6 Å². The highest BCUT2D eigenvalue weighted by molar-refractivity contribution is 6.30. The van der Waals surface area contributed by atoms with Gasteiger partial charge in [0.2, 0.25) is 6.23 Å². The van der Waals surface area contributed by atoms with Crippen molar-refractivity contribution in [3.8, 4) is 11.5 Å². The predicted octanol–water partition coefficient (Wildman–Crippen LogP) is 5.88. The van der Waals surface area contributed by atoms with E-state index in [1.807, 2.05) is 73.5 Å². The monoisotopic (exact) mass is 408 g/mol. The molecule has 0 amide bonds. The van der Waals surface area contributed by atoms with Crippen molar-refractivity contribution in [1.82, 2.24) is 5.01 Å². The summed E-state index contributed by atoms with van der Waals surface area (Å²) >= 11 is 6.28. The zero-order valence-corrected chi connectivity index (χ0v) is 17.0. The van der Waals surface area contributed by atoms with E-state index in [9.17, 15) is 0 Å². The lowest BCUT2D eigenvalue weighted by atomic mass is 9.97.